The van der Waals surface area contributed by atoms with E-state index in [1.54, 1.807) is 25.7 Å². The Hall–Kier alpha value is -1.69. The first kappa shape index (κ1) is 19.4. The molecule has 0 aromatic carbocycles. The molecule has 0 radical (unpaired) electrons. The molecular weight excluding hydrogens is 300 g/mol. The lowest BCUT2D eigenvalue weighted by molar-refractivity contribution is 0.168. The van der Waals surface area contributed by atoms with Crippen LogP contribution >= 0.6 is 0 Å². The third-order valence-electron chi connectivity index (χ3n) is 4.15. The molecule has 0 saturated heterocycles. The van der Waals surface area contributed by atoms with Crippen LogP contribution < -0.4 is 5.73 Å². The van der Waals surface area contributed by atoms with Crippen LogP contribution in [0.25, 0.3) is 0 Å². The number of carbonyl (C=O) groups is 1. The summed E-state index contributed by atoms with van der Waals surface area (Å²) in [6.45, 7) is 12.0. The van der Waals surface area contributed by atoms with Crippen molar-refractivity contribution in [2.24, 2.45) is 5.73 Å². The lowest BCUT2D eigenvalue weighted by Gasteiger charge is -2.39. The van der Waals surface area contributed by atoms with Crippen LogP contribution in [-0.2, 0) is 0 Å². The molecule has 0 bridgehead atoms. The molecule has 2 N–H and O–H groups in total. The molecule has 0 aliphatic carbocycles. The molecule has 0 fully saturated rings. The number of unbranched alkanes of at least 4 members (excludes halogenated alkanes) is 1. The topological polar surface area (TPSA) is 49.6 Å². The minimum atomic E-state index is -2.67. The molecule has 0 aromatic heterocycles. The van der Waals surface area contributed by atoms with Gasteiger partial charge in [-0.15, -0.1) is 0 Å². The summed E-state index contributed by atoms with van der Waals surface area (Å²) in [7, 11) is 0. The second-order valence-electron chi connectivity index (χ2n) is 5.64. The number of allylic oxidation sites excluding steroid dienone is 2. The van der Waals surface area contributed by atoms with Crippen LogP contribution in [-0.4, -0.2) is 41.9 Å². The number of rotatable bonds is 7. The Bertz CT molecular complexity index is 538. The fraction of sp³-hybridized carbons (Fsp3) is 0.588. The first-order valence-corrected chi connectivity index (χ1v) is 7.99. The highest BCUT2D eigenvalue weighted by Crippen LogP contribution is 2.36. The Morgan fingerprint density at radius 2 is 1.91 bits per heavy atom. The van der Waals surface area contributed by atoms with Gasteiger partial charge in [0.05, 0.1) is 0 Å². The maximum absolute atomic E-state index is 13.7. The zero-order chi connectivity index (χ0) is 17.7. The summed E-state index contributed by atoms with van der Waals surface area (Å²) >= 11 is 0. The fourth-order valence-corrected chi connectivity index (χ4v) is 2.76. The van der Waals surface area contributed by atoms with E-state index in [2.05, 4.69) is 6.58 Å². The van der Waals surface area contributed by atoms with E-state index >= 15 is 0 Å². The Labute approximate surface area is 137 Å². The van der Waals surface area contributed by atoms with Crippen molar-refractivity contribution in [3.63, 3.8) is 0 Å². The number of carbonyl (C=O) groups excluding carboxylic acids is 1. The van der Waals surface area contributed by atoms with Crippen LogP contribution in [0.15, 0.2) is 34.7 Å². The standard InChI is InChI=1S/C17H27F2N3O/c1-6-8-9-22-13(5)15(12(4)21(7-2)17(22)23)14(16(18)19)11(3)10-20/h16H,4,6-10,20H2,1-3,5H3/b14-11-. The highest BCUT2D eigenvalue weighted by Gasteiger charge is 2.36. The molecule has 1 aliphatic heterocycles. The number of alkyl halides is 2. The quantitative estimate of drug-likeness (QED) is 0.771. The average Bonchev–Trinajstić information content (AvgIpc) is 2.50. The Balaban J connectivity index is 3.52. The van der Waals surface area contributed by atoms with Crippen molar-refractivity contribution >= 4 is 6.03 Å². The normalized spacial score (nSPS) is 17.4. The maximum Gasteiger partial charge on any atom is 0.328 e. The lowest BCUT2D eigenvalue weighted by Crippen LogP contribution is -2.47. The zero-order valence-corrected chi connectivity index (χ0v) is 14.5. The van der Waals surface area contributed by atoms with Crippen LogP contribution in [0.4, 0.5) is 13.6 Å². The van der Waals surface area contributed by atoms with Gasteiger partial charge in [0.25, 0.3) is 6.43 Å². The van der Waals surface area contributed by atoms with E-state index in [1.807, 2.05) is 6.92 Å². The summed E-state index contributed by atoms with van der Waals surface area (Å²) in [5, 5.41) is 0. The fourth-order valence-electron chi connectivity index (χ4n) is 2.76. The molecule has 6 heteroatoms. The average molecular weight is 327 g/mol. The molecule has 23 heavy (non-hydrogen) atoms. The molecule has 0 saturated carbocycles. The molecule has 130 valence electrons. The van der Waals surface area contributed by atoms with Crippen molar-refractivity contribution in [1.29, 1.82) is 0 Å². The number of halogens is 2. The van der Waals surface area contributed by atoms with Gasteiger partial charge >= 0.3 is 6.03 Å². The van der Waals surface area contributed by atoms with E-state index in [9.17, 15) is 13.6 Å². The van der Waals surface area contributed by atoms with E-state index in [0.717, 1.165) is 12.8 Å². The van der Waals surface area contributed by atoms with Crippen LogP contribution in [0.5, 0.6) is 0 Å². The molecule has 4 nitrogen and oxygen atoms in total. The molecule has 2 amide bonds. The number of amides is 2. The van der Waals surface area contributed by atoms with Crippen LogP contribution in [0, 0.1) is 0 Å². The monoisotopic (exact) mass is 327 g/mol. The summed E-state index contributed by atoms with van der Waals surface area (Å²) in [6, 6.07) is -0.203. The molecule has 1 heterocycles. The molecule has 0 spiro atoms. The Kier molecular flexibility index (Phi) is 6.94. The third kappa shape index (κ3) is 3.80. The maximum atomic E-state index is 13.7. The third-order valence-corrected chi connectivity index (χ3v) is 4.15. The number of urea groups is 1. The molecular formula is C17H27F2N3O. The molecule has 0 atom stereocenters. The minimum absolute atomic E-state index is 0.0404. The number of hydrogen-bond acceptors (Lipinski definition) is 2. The number of likely N-dealkylation sites (N-methyl/N-ethyl adjacent to an activating group) is 1. The summed E-state index contributed by atoms with van der Waals surface area (Å²) in [5.41, 5.74) is 7.09. The first-order chi connectivity index (χ1) is 10.8. The van der Waals surface area contributed by atoms with Gasteiger partial charge in [-0.05, 0) is 27.2 Å². The lowest BCUT2D eigenvalue weighted by atomic mass is 9.94. The van der Waals surface area contributed by atoms with Gasteiger partial charge in [-0.1, -0.05) is 25.5 Å². The minimum Gasteiger partial charge on any atom is -0.327 e. The summed E-state index contributed by atoms with van der Waals surface area (Å²) < 4.78 is 27.3. The Morgan fingerprint density at radius 1 is 1.30 bits per heavy atom. The first-order valence-electron chi connectivity index (χ1n) is 7.99. The molecule has 0 aromatic rings. The highest BCUT2D eigenvalue weighted by molar-refractivity contribution is 5.83. The van der Waals surface area contributed by atoms with E-state index in [0.29, 0.717) is 35.6 Å². The summed E-state index contributed by atoms with van der Waals surface area (Å²) in [5.74, 6) is 0. The number of nitrogens with zero attached hydrogens (tertiary/aromatic N) is 2. The number of nitrogens with two attached hydrogens (primary N) is 1. The SMILES string of the molecule is C=C1C(/C(=C(\C)CN)C(F)F)=C(C)N(CCCC)C(=O)N1CC. The van der Waals surface area contributed by atoms with Gasteiger partial charge in [0.15, 0.2) is 0 Å². The van der Waals surface area contributed by atoms with Crippen molar-refractivity contribution in [3.05, 3.63) is 34.7 Å². The van der Waals surface area contributed by atoms with Crippen LogP contribution in [0.3, 0.4) is 0 Å². The predicted octanol–water partition coefficient (Wildman–Crippen LogP) is 3.87. The van der Waals surface area contributed by atoms with Gasteiger partial charge in [-0.25, -0.2) is 13.6 Å². The van der Waals surface area contributed by atoms with E-state index in [1.165, 1.54) is 4.90 Å². The van der Waals surface area contributed by atoms with Crippen molar-refractivity contribution in [2.45, 2.75) is 47.0 Å². The van der Waals surface area contributed by atoms with Gasteiger partial charge in [0.2, 0.25) is 0 Å². The molecule has 0 unspecified atom stereocenters. The second kappa shape index (κ2) is 8.24. The van der Waals surface area contributed by atoms with Gasteiger partial charge in [0.1, 0.15) is 0 Å². The Morgan fingerprint density at radius 3 is 2.35 bits per heavy atom. The second-order valence-corrected chi connectivity index (χ2v) is 5.64. The van der Waals surface area contributed by atoms with E-state index < -0.39 is 6.43 Å². The predicted molar refractivity (Wildman–Crippen MR) is 89.0 cm³/mol. The van der Waals surface area contributed by atoms with Gasteiger partial charge in [-0.3, -0.25) is 9.80 Å². The van der Waals surface area contributed by atoms with Crippen molar-refractivity contribution < 1.29 is 13.6 Å². The van der Waals surface area contributed by atoms with Gasteiger partial charge in [-0.2, -0.15) is 0 Å². The number of hydrogen-bond donors (Lipinski definition) is 1. The van der Waals surface area contributed by atoms with Crippen molar-refractivity contribution in [1.82, 2.24) is 9.80 Å². The van der Waals surface area contributed by atoms with Crippen molar-refractivity contribution in [3.8, 4) is 0 Å². The highest BCUT2D eigenvalue weighted by atomic mass is 19.3. The van der Waals surface area contributed by atoms with Crippen LogP contribution in [0.2, 0.25) is 0 Å². The molecule has 1 aliphatic rings. The zero-order valence-electron chi connectivity index (χ0n) is 14.5. The summed E-state index contributed by atoms with van der Waals surface area (Å²) in [4.78, 5) is 15.6. The van der Waals surface area contributed by atoms with Gasteiger partial charge < -0.3 is 5.73 Å². The largest absolute Gasteiger partial charge is 0.328 e. The molecule has 1 rings (SSSR count). The van der Waals surface area contributed by atoms with Crippen LogP contribution in [0.1, 0.15) is 40.5 Å². The van der Waals surface area contributed by atoms with E-state index in [4.69, 9.17) is 5.73 Å². The summed E-state index contributed by atoms with van der Waals surface area (Å²) in [6.07, 6.45) is -0.941. The van der Waals surface area contributed by atoms with Gasteiger partial charge in [0, 0.05) is 42.2 Å². The van der Waals surface area contributed by atoms with E-state index in [-0.39, 0.29) is 18.1 Å². The van der Waals surface area contributed by atoms with Crippen molar-refractivity contribution in [2.75, 3.05) is 19.6 Å². The smallest absolute Gasteiger partial charge is 0.327 e.